The van der Waals surface area contributed by atoms with E-state index in [9.17, 15) is 4.79 Å². The predicted octanol–water partition coefficient (Wildman–Crippen LogP) is -1.65. The van der Waals surface area contributed by atoms with Crippen molar-refractivity contribution in [3.63, 3.8) is 0 Å². The molecule has 0 bridgehead atoms. The molecular formula is C8H14N3O. The Morgan fingerprint density at radius 1 is 1.25 bits per heavy atom. The minimum atomic E-state index is -0.0640. The van der Waals surface area contributed by atoms with Crippen LogP contribution in [0, 0.1) is 5.92 Å². The molecule has 0 aromatic rings. The van der Waals surface area contributed by atoms with Gasteiger partial charge in [-0.05, 0) is 0 Å². The van der Waals surface area contributed by atoms with Gasteiger partial charge in [-0.2, -0.15) is 0 Å². The van der Waals surface area contributed by atoms with Crippen molar-refractivity contribution < 1.29 is 4.79 Å². The van der Waals surface area contributed by atoms with E-state index in [1.165, 1.54) is 0 Å². The molecule has 1 radical (unpaired) electrons. The van der Waals surface area contributed by atoms with E-state index < -0.39 is 0 Å². The maximum atomic E-state index is 11.6. The van der Waals surface area contributed by atoms with Gasteiger partial charge in [0, 0.05) is 38.6 Å². The molecule has 2 fully saturated rings. The highest BCUT2D eigenvalue weighted by Crippen LogP contribution is 2.08. The molecule has 0 saturated carbocycles. The van der Waals surface area contributed by atoms with Crippen LogP contribution in [-0.4, -0.2) is 44.5 Å². The number of nitrogens with one attached hydrogen (secondary N) is 2. The Balaban J connectivity index is 1.84. The van der Waals surface area contributed by atoms with E-state index in [1.807, 2.05) is 0 Å². The van der Waals surface area contributed by atoms with Gasteiger partial charge in [-0.25, -0.2) is 5.32 Å². The zero-order chi connectivity index (χ0) is 8.39. The maximum Gasteiger partial charge on any atom is 0.158 e. The Morgan fingerprint density at radius 3 is 2.58 bits per heavy atom. The van der Waals surface area contributed by atoms with E-state index in [-0.39, 0.29) is 12.0 Å². The van der Waals surface area contributed by atoms with Crippen molar-refractivity contribution in [1.82, 2.24) is 16.0 Å². The quantitative estimate of drug-likeness (QED) is 0.519. The van der Waals surface area contributed by atoms with E-state index in [2.05, 4.69) is 16.0 Å². The molecule has 2 rings (SSSR count). The van der Waals surface area contributed by atoms with Gasteiger partial charge < -0.3 is 10.6 Å². The van der Waals surface area contributed by atoms with Crippen molar-refractivity contribution >= 4 is 5.78 Å². The summed E-state index contributed by atoms with van der Waals surface area (Å²) in [7, 11) is 0. The minimum Gasteiger partial charge on any atom is -0.315 e. The first-order valence-corrected chi connectivity index (χ1v) is 4.49. The Hall–Kier alpha value is -0.450. The average Bonchev–Trinajstić information content (AvgIpc) is 2.03. The molecular weight excluding hydrogens is 154 g/mol. The fraction of sp³-hybridized carbons (Fsp3) is 0.875. The van der Waals surface area contributed by atoms with Crippen LogP contribution < -0.4 is 16.0 Å². The number of piperazine rings is 1. The Bertz CT molecular complexity index is 173. The number of hydrogen-bond acceptors (Lipinski definition) is 3. The van der Waals surface area contributed by atoms with Crippen LogP contribution in [0.4, 0.5) is 0 Å². The lowest BCUT2D eigenvalue weighted by atomic mass is 9.92. The number of carbonyl (C=O) groups is 1. The summed E-state index contributed by atoms with van der Waals surface area (Å²) >= 11 is 0. The zero-order valence-corrected chi connectivity index (χ0v) is 7.05. The number of ketones is 1. The van der Waals surface area contributed by atoms with Gasteiger partial charge in [0.15, 0.2) is 5.78 Å². The standard InChI is InChI=1S/C8H14N3O/c12-8(6-3-10-4-6)7-5-9-1-2-11-7/h6-7,9-10H,1-5H2. The van der Waals surface area contributed by atoms with Gasteiger partial charge >= 0.3 is 0 Å². The first-order valence-electron chi connectivity index (χ1n) is 4.49. The van der Waals surface area contributed by atoms with E-state index in [0.717, 1.165) is 32.7 Å². The number of rotatable bonds is 2. The predicted molar refractivity (Wildman–Crippen MR) is 45.0 cm³/mol. The summed E-state index contributed by atoms with van der Waals surface area (Å²) in [6, 6.07) is -0.0640. The molecule has 2 aliphatic rings. The van der Waals surface area contributed by atoms with Crippen LogP contribution in [0.25, 0.3) is 0 Å². The van der Waals surface area contributed by atoms with Gasteiger partial charge in [-0.1, -0.05) is 0 Å². The summed E-state index contributed by atoms with van der Waals surface area (Å²) in [5, 5.41) is 10.6. The molecule has 2 saturated heterocycles. The second-order valence-electron chi connectivity index (χ2n) is 3.38. The summed E-state index contributed by atoms with van der Waals surface area (Å²) in [4.78, 5) is 11.6. The van der Waals surface area contributed by atoms with Crippen molar-refractivity contribution in [1.29, 1.82) is 0 Å². The molecule has 0 aliphatic carbocycles. The highest BCUT2D eigenvalue weighted by Gasteiger charge is 2.32. The first-order chi connectivity index (χ1) is 5.88. The van der Waals surface area contributed by atoms with Crippen molar-refractivity contribution in [3.8, 4) is 0 Å². The van der Waals surface area contributed by atoms with Gasteiger partial charge in [0.2, 0.25) is 0 Å². The molecule has 1 unspecified atom stereocenters. The lowest BCUT2D eigenvalue weighted by molar-refractivity contribution is -0.126. The van der Waals surface area contributed by atoms with Crippen LogP contribution in [0.3, 0.4) is 0 Å². The summed E-state index contributed by atoms with van der Waals surface area (Å²) in [6.07, 6.45) is 0. The van der Waals surface area contributed by atoms with Crippen LogP contribution in [0.2, 0.25) is 0 Å². The monoisotopic (exact) mass is 168 g/mol. The summed E-state index contributed by atoms with van der Waals surface area (Å²) in [5.74, 6) is 0.555. The van der Waals surface area contributed by atoms with Crippen molar-refractivity contribution in [2.45, 2.75) is 6.04 Å². The Labute approximate surface area is 72.1 Å². The van der Waals surface area contributed by atoms with E-state index in [1.54, 1.807) is 0 Å². The molecule has 2 N–H and O–H groups in total. The molecule has 1 atom stereocenters. The molecule has 4 heteroatoms. The van der Waals surface area contributed by atoms with E-state index in [0.29, 0.717) is 5.78 Å². The van der Waals surface area contributed by atoms with E-state index in [4.69, 9.17) is 0 Å². The average molecular weight is 168 g/mol. The summed E-state index contributed by atoms with van der Waals surface area (Å²) in [6.45, 7) is 4.16. The second-order valence-corrected chi connectivity index (χ2v) is 3.38. The third kappa shape index (κ3) is 1.50. The fourth-order valence-electron chi connectivity index (χ4n) is 1.56. The summed E-state index contributed by atoms with van der Waals surface area (Å²) in [5.41, 5.74) is 0. The van der Waals surface area contributed by atoms with Crippen molar-refractivity contribution in [2.75, 3.05) is 32.7 Å². The van der Waals surface area contributed by atoms with Crippen LogP contribution in [0.15, 0.2) is 0 Å². The first kappa shape index (κ1) is 8.16. The maximum absolute atomic E-state index is 11.6. The number of carbonyl (C=O) groups excluding carboxylic acids is 1. The van der Waals surface area contributed by atoms with Gasteiger partial charge in [0.25, 0.3) is 0 Å². The minimum absolute atomic E-state index is 0.0640. The fourth-order valence-corrected chi connectivity index (χ4v) is 1.56. The van der Waals surface area contributed by atoms with Gasteiger partial charge in [0.05, 0.1) is 6.04 Å². The van der Waals surface area contributed by atoms with Crippen LogP contribution >= 0.6 is 0 Å². The molecule has 0 aromatic carbocycles. The highest BCUT2D eigenvalue weighted by atomic mass is 16.1. The SMILES string of the molecule is O=C(C1CNC1)C1CNCC[N]1. The number of Topliss-reactive ketones (excluding diaryl/α,β-unsaturated/α-hetero) is 1. The molecule has 0 spiro atoms. The normalized spacial score (nSPS) is 31.2. The molecule has 0 amide bonds. The number of nitrogens with zero attached hydrogens (tertiary/aromatic N) is 1. The van der Waals surface area contributed by atoms with Crippen LogP contribution in [0.1, 0.15) is 0 Å². The largest absolute Gasteiger partial charge is 0.315 e. The number of hydrogen-bond donors (Lipinski definition) is 2. The molecule has 12 heavy (non-hydrogen) atoms. The third-order valence-corrected chi connectivity index (χ3v) is 2.49. The van der Waals surface area contributed by atoms with Gasteiger partial charge in [-0.15, -0.1) is 0 Å². The Morgan fingerprint density at radius 2 is 2.08 bits per heavy atom. The molecule has 67 valence electrons. The van der Waals surface area contributed by atoms with Gasteiger partial charge in [-0.3, -0.25) is 4.79 Å². The molecule has 2 aliphatic heterocycles. The molecule has 2 heterocycles. The second kappa shape index (κ2) is 3.51. The van der Waals surface area contributed by atoms with Gasteiger partial charge in [0.1, 0.15) is 0 Å². The smallest absolute Gasteiger partial charge is 0.158 e. The highest BCUT2D eigenvalue weighted by molar-refractivity contribution is 5.87. The third-order valence-electron chi connectivity index (χ3n) is 2.49. The topological polar surface area (TPSA) is 55.2 Å². The molecule has 4 nitrogen and oxygen atoms in total. The zero-order valence-electron chi connectivity index (χ0n) is 7.05. The molecule has 0 aromatic heterocycles. The Kier molecular flexibility index (Phi) is 2.39. The lowest BCUT2D eigenvalue weighted by Crippen LogP contribution is -2.56. The van der Waals surface area contributed by atoms with E-state index >= 15 is 0 Å². The summed E-state index contributed by atoms with van der Waals surface area (Å²) < 4.78 is 0. The lowest BCUT2D eigenvalue weighted by Gasteiger charge is -2.31. The van der Waals surface area contributed by atoms with Crippen molar-refractivity contribution in [3.05, 3.63) is 0 Å². The van der Waals surface area contributed by atoms with Crippen molar-refractivity contribution in [2.24, 2.45) is 5.92 Å². The van der Waals surface area contributed by atoms with Crippen LogP contribution in [-0.2, 0) is 4.79 Å². The van der Waals surface area contributed by atoms with Crippen LogP contribution in [0.5, 0.6) is 0 Å².